The van der Waals surface area contributed by atoms with Crippen molar-refractivity contribution in [2.75, 3.05) is 33.5 Å². The lowest BCUT2D eigenvalue weighted by molar-refractivity contribution is -0.142. The third kappa shape index (κ3) is 10.2. The summed E-state index contributed by atoms with van der Waals surface area (Å²) in [5, 5.41) is 25.6. The maximum Gasteiger partial charge on any atom is 0.433 e. The highest BCUT2D eigenvalue weighted by molar-refractivity contribution is 9.10. The summed E-state index contributed by atoms with van der Waals surface area (Å²) < 4.78 is 77.1. The lowest BCUT2D eigenvalue weighted by Gasteiger charge is -2.31. The van der Waals surface area contributed by atoms with Crippen LogP contribution < -0.4 is 20.4 Å². The Morgan fingerprint density at radius 3 is 1.55 bits per heavy atom. The van der Waals surface area contributed by atoms with Gasteiger partial charge in [-0.05, 0) is 77.9 Å². The number of anilines is 4. The van der Waals surface area contributed by atoms with Crippen molar-refractivity contribution in [2.24, 2.45) is 0 Å². The van der Waals surface area contributed by atoms with Gasteiger partial charge in [0.05, 0.1) is 33.9 Å². The van der Waals surface area contributed by atoms with Gasteiger partial charge in [0.25, 0.3) is 0 Å². The van der Waals surface area contributed by atoms with Gasteiger partial charge in [0.1, 0.15) is 47.8 Å². The second kappa shape index (κ2) is 18.5. The molecule has 1 fully saturated rings. The first-order valence-electron chi connectivity index (χ1n) is 20.2. The molecule has 0 saturated heterocycles. The highest BCUT2D eigenvalue weighted by Crippen LogP contribution is 2.42. The number of rotatable bonds is 9. The molecule has 4 aromatic heterocycles. The van der Waals surface area contributed by atoms with E-state index in [0.717, 1.165) is 57.0 Å². The minimum absolute atomic E-state index is 0.274. The molecule has 1 saturated carbocycles. The third-order valence-electron chi connectivity index (χ3n) is 11.1. The maximum absolute atomic E-state index is 12.7. The highest BCUT2D eigenvalue weighted by atomic mass is 79.9. The molecule has 0 bridgehead atoms. The van der Waals surface area contributed by atoms with E-state index in [4.69, 9.17) is 0 Å². The van der Waals surface area contributed by atoms with Gasteiger partial charge < -0.3 is 20.4 Å². The molecule has 0 atom stereocenters. The molecule has 3 aliphatic rings. The molecule has 12 nitrogen and oxygen atoms in total. The van der Waals surface area contributed by atoms with E-state index in [2.05, 4.69) is 84.5 Å². The van der Waals surface area contributed by atoms with Crippen LogP contribution in [-0.2, 0) is 51.4 Å². The molecule has 0 spiro atoms. The van der Waals surface area contributed by atoms with E-state index in [0.29, 0.717) is 72.3 Å². The monoisotopic (exact) mass is 938 g/mol. The predicted octanol–water partition coefficient (Wildman–Crippen LogP) is 9.51. The van der Waals surface area contributed by atoms with Gasteiger partial charge in [-0.1, -0.05) is 34.1 Å². The number of benzene rings is 2. The minimum atomic E-state index is -4.46. The van der Waals surface area contributed by atoms with Crippen LogP contribution in [0, 0.1) is 22.7 Å². The second-order valence-electron chi connectivity index (χ2n) is 15.4. The van der Waals surface area contributed by atoms with E-state index in [1.54, 1.807) is 6.07 Å². The lowest BCUT2D eigenvalue weighted by Crippen LogP contribution is -2.32. The van der Waals surface area contributed by atoms with Crippen molar-refractivity contribution < 1.29 is 26.3 Å². The summed E-state index contributed by atoms with van der Waals surface area (Å²) in [5.41, 5.74) is 7.26. The SMILES string of the molecule is N#Cc1cc(Br)ccc1N1CCc2ncnc(NCc3ccc(C(F)(F)F)nc3)c2C1.N#Cc1cc(C2CC2)ccc1N1CCc2ncnc(NCc3ccc(C(F)(F)F)nc3)c2C1. The predicted molar refractivity (Wildman–Crippen MR) is 229 cm³/mol. The van der Waals surface area contributed by atoms with Crippen LogP contribution in [0.5, 0.6) is 0 Å². The Balaban J connectivity index is 0.000000175. The average molecular weight is 940 g/mol. The number of hydrogen-bond donors (Lipinski definition) is 2. The Morgan fingerprint density at radius 2 is 1.11 bits per heavy atom. The van der Waals surface area contributed by atoms with Gasteiger partial charge >= 0.3 is 12.4 Å². The molecular formula is C45H37BrF6N12. The largest absolute Gasteiger partial charge is 0.433 e. The Kier molecular flexibility index (Phi) is 12.6. The van der Waals surface area contributed by atoms with Crippen molar-refractivity contribution in [1.82, 2.24) is 29.9 Å². The zero-order valence-electron chi connectivity index (χ0n) is 33.8. The van der Waals surface area contributed by atoms with Gasteiger partial charge in [-0.25, -0.2) is 19.9 Å². The van der Waals surface area contributed by atoms with Crippen LogP contribution >= 0.6 is 15.9 Å². The Bertz CT molecular complexity index is 2730. The van der Waals surface area contributed by atoms with Crippen LogP contribution in [0.2, 0.25) is 0 Å². The molecular weight excluding hydrogens is 902 g/mol. The third-order valence-corrected chi connectivity index (χ3v) is 11.6. The number of hydrogen-bond acceptors (Lipinski definition) is 12. The quantitative estimate of drug-likeness (QED) is 0.133. The topological polar surface area (TPSA) is 155 Å². The van der Waals surface area contributed by atoms with Gasteiger partial charge in [0.2, 0.25) is 0 Å². The first-order valence-corrected chi connectivity index (χ1v) is 21.0. The summed E-state index contributed by atoms with van der Waals surface area (Å²) in [6.45, 7) is 3.07. The molecule has 6 heterocycles. The molecule has 2 aliphatic heterocycles. The standard InChI is InChI=1S/C24H21F3N6.C21H16BrF3N6/c25-24(26,27)22-6-1-15(11-29-22)12-30-23-19-13-33(8-7-20(19)31-14-32-23)21-5-4-17(16-2-3-16)9-18(21)10-28;22-15-2-3-18(14(7-15)8-26)31-6-5-17-16(11-31)20(30-12-29-17)28-10-13-1-4-19(27-9-13)21(23,24)25/h1,4-6,9,11,14,16H,2-3,7-8,12-13H2,(H,30,31,32);1-4,7,9,12H,5-6,10-11H2,(H,28,29,30). The second-order valence-corrected chi connectivity index (χ2v) is 16.3. The number of nitriles is 2. The van der Waals surface area contributed by atoms with E-state index in [-0.39, 0.29) is 13.1 Å². The molecule has 1 aliphatic carbocycles. The van der Waals surface area contributed by atoms with Crippen molar-refractivity contribution in [2.45, 2.75) is 70.1 Å². The highest BCUT2D eigenvalue weighted by Gasteiger charge is 2.33. The van der Waals surface area contributed by atoms with E-state index in [1.807, 2.05) is 24.3 Å². The molecule has 0 amide bonds. The Labute approximate surface area is 372 Å². The molecule has 64 heavy (non-hydrogen) atoms. The first-order chi connectivity index (χ1) is 30.8. The van der Waals surface area contributed by atoms with Crippen LogP contribution in [0.3, 0.4) is 0 Å². The number of pyridine rings is 2. The van der Waals surface area contributed by atoms with Gasteiger partial charge in [-0.3, -0.25) is 9.97 Å². The first kappa shape index (κ1) is 43.8. The van der Waals surface area contributed by atoms with E-state index >= 15 is 0 Å². The fourth-order valence-corrected chi connectivity index (χ4v) is 7.99. The van der Waals surface area contributed by atoms with Crippen LogP contribution in [0.15, 0.2) is 90.2 Å². The van der Waals surface area contributed by atoms with Crippen molar-refractivity contribution in [3.8, 4) is 12.1 Å². The fourth-order valence-electron chi connectivity index (χ4n) is 7.63. The van der Waals surface area contributed by atoms with Crippen molar-refractivity contribution in [3.63, 3.8) is 0 Å². The molecule has 2 aromatic carbocycles. The van der Waals surface area contributed by atoms with Crippen LogP contribution in [0.25, 0.3) is 0 Å². The summed E-state index contributed by atoms with van der Waals surface area (Å²) in [5.74, 6) is 1.83. The number of alkyl halides is 6. The Morgan fingerprint density at radius 1 is 0.625 bits per heavy atom. The normalized spacial score (nSPS) is 14.6. The van der Waals surface area contributed by atoms with Gasteiger partial charge in [0, 0.05) is 80.1 Å². The summed E-state index contributed by atoms with van der Waals surface area (Å²) in [6, 6.07) is 21.0. The van der Waals surface area contributed by atoms with Crippen LogP contribution in [0.4, 0.5) is 49.4 Å². The fraction of sp³-hybridized carbons (Fsp3) is 0.289. The molecule has 0 radical (unpaired) electrons. The summed E-state index contributed by atoms with van der Waals surface area (Å²) in [6.07, 6.45) is 0.238. The van der Waals surface area contributed by atoms with Crippen molar-refractivity contribution >= 4 is 38.9 Å². The smallest absolute Gasteiger partial charge is 0.366 e. The zero-order valence-corrected chi connectivity index (χ0v) is 35.4. The van der Waals surface area contributed by atoms with E-state index in [1.165, 1.54) is 55.6 Å². The summed E-state index contributed by atoms with van der Waals surface area (Å²) in [7, 11) is 0. The maximum atomic E-state index is 12.7. The molecule has 0 unspecified atom stereocenters. The van der Waals surface area contributed by atoms with Gasteiger partial charge in [-0.15, -0.1) is 0 Å². The minimum Gasteiger partial charge on any atom is -0.366 e. The van der Waals surface area contributed by atoms with Crippen molar-refractivity contribution in [1.29, 1.82) is 10.5 Å². The number of aromatic nitrogens is 6. The molecule has 6 aromatic rings. The molecule has 9 rings (SSSR count). The Hall–Kier alpha value is -6.86. The molecule has 19 heteroatoms. The molecule has 326 valence electrons. The van der Waals surface area contributed by atoms with Gasteiger partial charge in [0.15, 0.2) is 0 Å². The van der Waals surface area contributed by atoms with Crippen LogP contribution in [-0.4, -0.2) is 43.0 Å². The number of fused-ring (bicyclic) bond motifs is 2. The van der Waals surface area contributed by atoms with E-state index in [9.17, 15) is 36.9 Å². The summed E-state index contributed by atoms with van der Waals surface area (Å²) >= 11 is 3.39. The van der Waals surface area contributed by atoms with Crippen molar-refractivity contribution in [3.05, 3.63) is 152 Å². The average Bonchev–Trinajstić information content (AvgIpc) is 4.16. The number of halogens is 7. The van der Waals surface area contributed by atoms with E-state index < -0.39 is 23.7 Å². The zero-order chi connectivity index (χ0) is 45.0. The number of nitrogens with one attached hydrogen (secondary N) is 2. The number of nitrogens with zero attached hydrogens (tertiary/aromatic N) is 10. The molecule has 2 N–H and O–H groups in total. The summed E-state index contributed by atoms with van der Waals surface area (Å²) in [4.78, 5) is 28.7. The van der Waals surface area contributed by atoms with Gasteiger partial charge in [-0.2, -0.15) is 36.9 Å². The lowest BCUT2D eigenvalue weighted by atomic mass is 10.0. The van der Waals surface area contributed by atoms with Crippen LogP contribution in [0.1, 0.15) is 80.5 Å².